The Morgan fingerprint density at radius 3 is 2.90 bits per heavy atom. The number of carbonyl (C=O) groups excluding carboxylic acids is 1. The summed E-state index contributed by atoms with van der Waals surface area (Å²) < 4.78 is 11.5. The number of halogens is 1. The van der Waals surface area contributed by atoms with Crippen LogP contribution in [0.4, 0.5) is 0 Å². The van der Waals surface area contributed by atoms with Crippen LogP contribution in [0, 0.1) is 0 Å². The maximum absolute atomic E-state index is 12.0. The predicted octanol–water partition coefficient (Wildman–Crippen LogP) is 1.80. The summed E-state index contributed by atoms with van der Waals surface area (Å²) in [6.07, 6.45) is 0.515. The largest absolute Gasteiger partial charge is 0.497 e. The van der Waals surface area contributed by atoms with Crippen molar-refractivity contribution < 1.29 is 14.3 Å². The Bertz CT molecular complexity index is 476. The van der Waals surface area contributed by atoms with E-state index in [9.17, 15) is 4.79 Å². The lowest BCUT2D eigenvalue weighted by atomic mass is 10.2. The van der Waals surface area contributed by atoms with Crippen LogP contribution in [0.25, 0.3) is 0 Å². The summed E-state index contributed by atoms with van der Waals surface area (Å²) in [5.74, 6) is 1.02. The quantitative estimate of drug-likeness (QED) is 0.789. The Kier molecular flexibility index (Phi) is 6.48. The van der Waals surface area contributed by atoms with Crippen molar-refractivity contribution in [1.82, 2.24) is 10.2 Å². The second-order valence-corrected chi connectivity index (χ2v) is 5.73. The second-order valence-electron chi connectivity index (χ2n) is 4.88. The van der Waals surface area contributed by atoms with Gasteiger partial charge in [0.05, 0.1) is 20.3 Å². The maximum Gasteiger partial charge on any atom is 0.224 e. The molecule has 0 aliphatic carbocycles. The van der Waals surface area contributed by atoms with Crippen molar-refractivity contribution in [2.24, 2.45) is 0 Å². The Balaban J connectivity index is 1.73. The molecule has 5 nitrogen and oxygen atoms in total. The first-order chi connectivity index (χ1) is 10.2. The number of hydrogen-bond donors (Lipinski definition) is 1. The van der Waals surface area contributed by atoms with Gasteiger partial charge in [-0.15, -0.1) is 0 Å². The molecule has 1 heterocycles. The van der Waals surface area contributed by atoms with Gasteiger partial charge in [0.15, 0.2) is 0 Å². The monoisotopic (exact) mass is 356 g/mol. The van der Waals surface area contributed by atoms with Crippen LogP contribution < -0.4 is 10.1 Å². The molecule has 1 N–H and O–H groups in total. The molecule has 0 radical (unpaired) electrons. The molecule has 1 aromatic rings. The third-order valence-electron chi connectivity index (χ3n) is 3.45. The maximum atomic E-state index is 12.0. The van der Waals surface area contributed by atoms with E-state index in [-0.39, 0.29) is 5.91 Å². The van der Waals surface area contributed by atoms with Gasteiger partial charge >= 0.3 is 0 Å². The molecule has 0 unspecified atom stereocenters. The van der Waals surface area contributed by atoms with Crippen LogP contribution in [0.2, 0.25) is 0 Å². The Morgan fingerprint density at radius 1 is 1.43 bits per heavy atom. The Labute approximate surface area is 133 Å². The minimum absolute atomic E-state index is 0.190. The molecule has 0 spiro atoms. The fourth-order valence-corrected chi connectivity index (χ4v) is 2.59. The molecule has 2 rings (SSSR count). The van der Waals surface area contributed by atoms with Crippen molar-refractivity contribution in [2.45, 2.75) is 13.0 Å². The van der Waals surface area contributed by atoms with Gasteiger partial charge in [-0.1, -0.05) is 15.9 Å². The van der Waals surface area contributed by atoms with Gasteiger partial charge in [0, 0.05) is 37.1 Å². The first-order valence-electron chi connectivity index (χ1n) is 7.09. The highest BCUT2D eigenvalue weighted by molar-refractivity contribution is 9.10. The minimum Gasteiger partial charge on any atom is -0.497 e. The van der Waals surface area contributed by atoms with Crippen LogP contribution in [0.3, 0.4) is 0 Å². The molecular formula is C15H21BrN2O3. The van der Waals surface area contributed by atoms with Crippen molar-refractivity contribution in [3.63, 3.8) is 0 Å². The third kappa shape index (κ3) is 4.98. The normalized spacial score (nSPS) is 15.0. The standard InChI is InChI=1S/C15H21BrN2O3/c1-20-13-2-3-14(16)12(10-13)11-17-5-4-15(19)18-6-8-21-9-7-18/h2-3,10,17H,4-9,11H2,1H3. The average Bonchev–Trinajstić information content (AvgIpc) is 2.53. The van der Waals surface area contributed by atoms with E-state index in [1.165, 1.54) is 0 Å². The highest BCUT2D eigenvalue weighted by Gasteiger charge is 2.15. The van der Waals surface area contributed by atoms with Gasteiger partial charge in [0.1, 0.15) is 5.75 Å². The predicted molar refractivity (Wildman–Crippen MR) is 84.4 cm³/mol. The van der Waals surface area contributed by atoms with E-state index in [0.29, 0.717) is 45.8 Å². The summed E-state index contributed by atoms with van der Waals surface area (Å²) in [7, 11) is 1.65. The molecular weight excluding hydrogens is 336 g/mol. The van der Waals surface area contributed by atoms with Crippen LogP contribution in [-0.2, 0) is 16.1 Å². The summed E-state index contributed by atoms with van der Waals surface area (Å²) in [6, 6.07) is 5.87. The first kappa shape index (κ1) is 16.3. The molecule has 21 heavy (non-hydrogen) atoms. The zero-order chi connectivity index (χ0) is 15.1. The number of rotatable bonds is 6. The van der Waals surface area contributed by atoms with Crippen molar-refractivity contribution in [2.75, 3.05) is 40.0 Å². The van der Waals surface area contributed by atoms with Gasteiger partial charge < -0.3 is 19.7 Å². The van der Waals surface area contributed by atoms with Gasteiger partial charge in [-0.05, 0) is 23.8 Å². The molecule has 0 atom stereocenters. The van der Waals surface area contributed by atoms with Gasteiger partial charge in [-0.25, -0.2) is 0 Å². The van der Waals surface area contributed by atoms with E-state index >= 15 is 0 Å². The summed E-state index contributed by atoms with van der Waals surface area (Å²) >= 11 is 3.52. The average molecular weight is 357 g/mol. The lowest BCUT2D eigenvalue weighted by Crippen LogP contribution is -2.41. The SMILES string of the molecule is COc1ccc(Br)c(CNCCC(=O)N2CCOCC2)c1. The van der Waals surface area contributed by atoms with E-state index < -0.39 is 0 Å². The number of amides is 1. The summed E-state index contributed by atoms with van der Waals surface area (Å²) in [6.45, 7) is 4.08. The molecule has 1 aliphatic heterocycles. The number of ether oxygens (including phenoxy) is 2. The molecule has 0 bridgehead atoms. The van der Waals surface area contributed by atoms with Crippen LogP contribution >= 0.6 is 15.9 Å². The molecule has 1 saturated heterocycles. The summed E-state index contributed by atoms with van der Waals surface area (Å²) in [5.41, 5.74) is 1.12. The van der Waals surface area contributed by atoms with Gasteiger partial charge in [0.25, 0.3) is 0 Å². The summed E-state index contributed by atoms with van der Waals surface area (Å²) in [5, 5.41) is 3.30. The number of methoxy groups -OCH3 is 1. The number of morpholine rings is 1. The molecule has 1 aliphatic rings. The Hall–Kier alpha value is -1.11. The summed E-state index contributed by atoms with van der Waals surface area (Å²) in [4.78, 5) is 13.8. The zero-order valence-corrected chi connectivity index (χ0v) is 13.8. The fourth-order valence-electron chi connectivity index (χ4n) is 2.20. The topological polar surface area (TPSA) is 50.8 Å². The van der Waals surface area contributed by atoms with E-state index in [1.807, 2.05) is 23.1 Å². The number of nitrogens with zero attached hydrogens (tertiary/aromatic N) is 1. The second kappa shape index (κ2) is 8.36. The Morgan fingerprint density at radius 2 is 2.19 bits per heavy atom. The fraction of sp³-hybridized carbons (Fsp3) is 0.533. The lowest BCUT2D eigenvalue weighted by Gasteiger charge is -2.26. The van der Waals surface area contributed by atoms with E-state index in [2.05, 4.69) is 21.2 Å². The van der Waals surface area contributed by atoms with Crippen LogP contribution in [0.15, 0.2) is 22.7 Å². The van der Waals surface area contributed by atoms with Gasteiger partial charge in [-0.2, -0.15) is 0 Å². The molecule has 0 aromatic heterocycles. The highest BCUT2D eigenvalue weighted by Crippen LogP contribution is 2.22. The highest BCUT2D eigenvalue weighted by atomic mass is 79.9. The molecule has 1 fully saturated rings. The van der Waals surface area contributed by atoms with E-state index in [1.54, 1.807) is 7.11 Å². The van der Waals surface area contributed by atoms with Crippen LogP contribution in [0.5, 0.6) is 5.75 Å². The minimum atomic E-state index is 0.190. The third-order valence-corrected chi connectivity index (χ3v) is 4.22. The lowest BCUT2D eigenvalue weighted by molar-refractivity contribution is -0.135. The zero-order valence-electron chi connectivity index (χ0n) is 12.2. The van der Waals surface area contributed by atoms with Crippen molar-refractivity contribution in [1.29, 1.82) is 0 Å². The molecule has 1 amide bonds. The smallest absolute Gasteiger partial charge is 0.224 e. The van der Waals surface area contributed by atoms with Crippen LogP contribution in [0.1, 0.15) is 12.0 Å². The molecule has 116 valence electrons. The van der Waals surface area contributed by atoms with Crippen LogP contribution in [-0.4, -0.2) is 50.8 Å². The molecule has 6 heteroatoms. The molecule has 0 saturated carbocycles. The number of nitrogens with one attached hydrogen (secondary N) is 1. The number of benzene rings is 1. The van der Waals surface area contributed by atoms with Crippen molar-refractivity contribution in [3.8, 4) is 5.75 Å². The van der Waals surface area contributed by atoms with Crippen molar-refractivity contribution >= 4 is 21.8 Å². The van der Waals surface area contributed by atoms with Gasteiger partial charge in [0.2, 0.25) is 5.91 Å². The first-order valence-corrected chi connectivity index (χ1v) is 7.88. The van der Waals surface area contributed by atoms with E-state index in [0.717, 1.165) is 15.8 Å². The molecule has 1 aromatic carbocycles. The van der Waals surface area contributed by atoms with E-state index in [4.69, 9.17) is 9.47 Å². The number of carbonyl (C=O) groups is 1. The van der Waals surface area contributed by atoms with Gasteiger partial charge in [-0.3, -0.25) is 4.79 Å². The van der Waals surface area contributed by atoms with Crippen molar-refractivity contribution in [3.05, 3.63) is 28.2 Å². The number of hydrogen-bond acceptors (Lipinski definition) is 4.